The van der Waals surface area contributed by atoms with Crippen molar-refractivity contribution in [1.29, 1.82) is 0 Å². The molecule has 2 nitrogen and oxygen atoms in total. The lowest BCUT2D eigenvalue weighted by Gasteiger charge is -1.97. The molecule has 0 bridgehead atoms. The molecule has 3 heteroatoms. The molecule has 1 aromatic carbocycles. The first-order valence-corrected chi connectivity index (χ1v) is 5.48. The summed E-state index contributed by atoms with van der Waals surface area (Å²) in [6, 6.07) is 7.84. The van der Waals surface area contributed by atoms with Crippen LogP contribution in [-0.2, 0) is 6.42 Å². The summed E-state index contributed by atoms with van der Waals surface area (Å²) in [5, 5.41) is 3.15. The molecule has 0 saturated carbocycles. The minimum Gasteiger partial charge on any atom is -0.399 e. The second kappa shape index (κ2) is 3.80. The summed E-state index contributed by atoms with van der Waals surface area (Å²) in [7, 11) is 0. The zero-order valence-corrected chi connectivity index (χ0v) is 8.84. The van der Waals surface area contributed by atoms with E-state index in [0.717, 1.165) is 28.4 Å². The highest BCUT2D eigenvalue weighted by Crippen LogP contribution is 2.25. The van der Waals surface area contributed by atoms with Gasteiger partial charge in [0.25, 0.3) is 0 Å². The molecule has 0 atom stereocenters. The highest BCUT2D eigenvalue weighted by molar-refractivity contribution is 7.13. The molecule has 2 rings (SSSR count). The molecule has 1 aromatic heterocycles. The fourth-order valence-electron chi connectivity index (χ4n) is 1.27. The SMILES string of the molecule is CCc1csc(-c2cccc(N)c2)n1. The molecule has 2 N–H and O–H groups in total. The minimum absolute atomic E-state index is 0.788. The van der Waals surface area contributed by atoms with Gasteiger partial charge in [-0.2, -0.15) is 0 Å². The standard InChI is InChI=1S/C11H12N2S/c1-2-10-7-14-11(13-10)8-4-3-5-9(12)6-8/h3-7H,2,12H2,1H3. The average Bonchev–Trinajstić information content (AvgIpc) is 2.66. The predicted molar refractivity (Wildman–Crippen MR) is 61.3 cm³/mol. The van der Waals surface area contributed by atoms with E-state index >= 15 is 0 Å². The molecule has 0 spiro atoms. The zero-order chi connectivity index (χ0) is 9.97. The van der Waals surface area contributed by atoms with Crippen LogP contribution in [0.25, 0.3) is 10.6 Å². The largest absolute Gasteiger partial charge is 0.399 e. The monoisotopic (exact) mass is 204 g/mol. The van der Waals surface area contributed by atoms with Crippen molar-refractivity contribution in [2.75, 3.05) is 5.73 Å². The van der Waals surface area contributed by atoms with Gasteiger partial charge in [0, 0.05) is 16.6 Å². The minimum atomic E-state index is 0.788. The third kappa shape index (κ3) is 1.77. The summed E-state index contributed by atoms with van der Waals surface area (Å²) < 4.78 is 0. The highest BCUT2D eigenvalue weighted by Gasteiger charge is 2.02. The van der Waals surface area contributed by atoms with E-state index < -0.39 is 0 Å². The van der Waals surface area contributed by atoms with Gasteiger partial charge in [-0.15, -0.1) is 11.3 Å². The molecular formula is C11H12N2S. The van der Waals surface area contributed by atoms with Crippen molar-refractivity contribution in [1.82, 2.24) is 4.98 Å². The second-order valence-electron chi connectivity index (χ2n) is 3.12. The number of aryl methyl sites for hydroxylation is 1. The van der Waals surface area contributed by atoms with Crippen molar-refractivity contribution >= 4 is 17.0 Å². The molecule has 0 aliphatic carbocycles. The molecule has 0 fully saturated rings. The summed E-state index contributed by atoms with van der Waals surface area (Å²) in [4.78, 5) is 4.50. The van der Waals surface area contributed by atoms with E-state index in [-0.39, 0.29) is 0 Å². The van der Waals surface area contributed by atoms with Crippen molar-refractivity contribution in [3.63, 3.8) is 0 Å². The molecule has 1 heterocycles. The van der Waals surface area contributed by atoms with E-state index in [1.165, 1.54) is 0 Å². The number of nitrogens with zero attached hydrogens (tertiary/aromatic N) is 1. The second-order valence-corrected chi connectivity index (χ2v) is 3.98. The van der Waals surface area contributed by atoms with Crippen molar-refractivity contribution < 1.29 is 0 Å². The first-order valence-electron chi connectivity index (χ1n) is 4.60. The predicted octanol–water partition coefficient (Wildman–Crippen LogP) is 2.95. The summed E-state index contributed by atoms with van der Waals surface area (Å²) in [5.74, 6) is 0. The Bertz CT molecular complexity index is 434. The van der Waals surface area contributed by atoms with Gasteiger partial charge in [-0.1, -0.05) is 19.1 Å². The summed E-state index contributed by atoms with van der Waals surface area (Å²) in [5.41, 5.74) is 8.75. The van der Waals surface area contributed by atoms with Gasteiger partial charge in [-0.3, -0.25) is 0 Å². The number of nitrogens with two attached hydrogens (primary N) is 1. The zero-order valence-electron chi connectivity index (χ0n) is 8.03. The van der Waals surface area contributed by atoms with Gasteiger partial charge < -0.3 is 5.73 Å². The first-order chi connectivity index (χ1) is 6.79. The molecule has 0 aliphatic rings. The molecule has 0 radical (unpaired) electrons. The molecule has 2 aromatic rings. The van der Waals surface area contributed by atoms with Crippen LogP contribution in [0.2, 0.25) is 0 Å². The first kappa shape index (κ1) is 9.21. The van der Waals surface area contributed by atoms with Crippen LogP contribution in [0.1, 0.15) is 12.6 Å². The summed E-state index contributed by atoms with van der Waals surface area (Å²) >= 11 is 1.67. The molecule has 0 amide bonds. The van der Waals surface area contributed by atoms with Crippen LogP contribution in [0.5, 0.6) is 0 Å². The van der Waals surface area contributed by atoms with Crippen molar-refractivity contribution in [2.45, 2.75) is 13.3 Å². The Kier molecular flexibility index (Phi) is 2.50. The Labute approximate surface area is 87.4 Å². The van der Waals surface area contributed by atoms with Crippen LogP contribution < -0.4 is 5.73 Å². The molecule has 0 unspecified atom stereocenters. The third-order valence-corrected chi connectivity index (χ3v) is 2.99. The molecule has 72 valence electrons. The van der Waals surface area contributed by atoms with Crippen LogP contribution >= 0.6 is 11.3 Å². The molecule has 0 aliphatic heterocycles. The number of rotatable bonds is 2. The number of aromatic nitrogens is 1. The lowest BCUT2D eigenvalue weighted by atomic mass is 10.2. The number of thiazole rings is 1. The van der Waals surface area contributed by atoms with Crippen LogP contribution in [-0.4, -0.2) is 4.98 Å². The number of hydrogen-bond donors (Lipinski definition) is 1. The van der Waals surface area contributed by atoms with Gasteiger partial charge in [0.05, 0.1) is 5.69 Å². The summed E-state index contributed by atoms with van der Waals surface area (Å²) in [6.07, 6.45) is 0.985. The average molecular weight is 204 g/mol. The number of benzene rings is 1. The lowest BCUT2D eigenvalue weighted by molar-refractivity contribution is 1.07. The normalized spacial score (nSPS) is 10.4. The molecule has 14 heavy (non-hydrogen) atoms. The molecule has 0 saturated heterocycles. The quantitative estimate of drug-likeness (QED) is 0.764. The van der Waals surface area contributed by atoms with Crippen molar-refractivity contribution in [3.05, 3.63) is 35.3 Å². The highest BCUT2D eigenvalue weighted by atomic mass is 32.1. The van der Waals surface area contributed by atoms with Crippen LogP contribution in [0, 0.1) is 0 Å². The maximum absolute atomic E-state index is 5.71. The lowest BCUT2D eigenvalue weighted by Crippen LogP contribution is -1.85. The Morgan fingerprint density at radius 2 is 2.29 bits per heavy atom. The third-order valence-electron chi connectivity index (χ3n) is 2.05. The van der Waals surface area contributed by atoms with E-state index in [4.69, 9.17) is 5.73 Å². The Balaban J connectivity index is 2.39. The van der Waals surface area contributed by atoms with E-state index in [0.29, 0.717) is 0 Å². The van der Waals surface area contributed by atoms with Crippen LogP contribution in [0.4, 0.5) is 5.69 Å². The van der Waals surface area contributed by atoms with Crippen molar-refractivity contribution in [2.24, 2.45) is 0 Å². The van der Waals surface area contributed by atoms with Gasteiger partial charge in [-0.25, -0.2) is 4.98 Å². The van der Waals surface area contributed by atoms with E-state index in [1.807, 2.05) is 24.3 Å². The van der Waals surface area contributed by atoms with E-state index in [9.17, 15) is 0 Å². The number of hydrogen-bond acceptors (Lipinski definition) is 3. The van der Waals surface area contributed by atoms with Gasteiger partial charge >= 0.3 is 0 Å². The van der Waals surface area contributed by atoms with Crippen molar-refractivity contribution in [3.8, 4) is 10.6 Å². The maximum atomic E-state index is 5.71. The maximum Gasteiger partial charge on any atom is 0.123 e. The van der Waals surface area contributed by atoms with E-state index in [1.54, 1.807) is 11.3 Å². The molecular weight excluding hydrogens is 192 g/mol. The van der Waals surface area contributed by atoms with E-state index in [2.05, 4.69) is 17.3 Å². The Hall–Kier alpha value is -1.35. The Morgan fingerprint density at radius 3 is 2.93 bits per heavy atom. The summed E-state index contributed by atoms with van der Waals surface area (Å²) in [6.45, 7) is 2.11. The van der Waals surface area contributed by atoms with Gasteiger partial charge in [0.2, 0.25) is 0 Å². The fourth-order valence-corrected chi connectivity index (χ4v) is 2.17. The smallest absolute Gasteiger partial charge is 0.123 e. The topological polar surface area (TPSA) is 38.9 Å². The van der Waals surface area contributed by atoms with Gasteiger partial charge in [-0.05, 0) is 18.6 Å². The Morgan fingerprint density at radius 1 is 1.43 bits per heavy atom. The fraction of sp³-hybridized carbons (Fsp3) is 0.182. The van der Waals surface area contributed by atoms with Gasteiger partial charge in [0.15, 0.2) is 0 Å². The number of anilines is 1. The van der Waals surface area contributed by atoms with Crippen LogP contribution in [0.3, 0.4) is 0 Å². The van der Waals surface area contributed by atoms with Crippen LogP contribution in [0.15, 0.2) is 29.6 Å². The number of nitrogen functional groups attached to an aromatic ring is 1. The van der Waals surface area contributed by atoms with Gasteiger partial charge in [0.1, 0.15) is 5.01 Å².